The molecule has 0 aliphatic heterocycles. The van der Waals surface area contributed by atoms with Gasteiger partial charge in [0.2, 0.25) is 0 Å². The Labute approximate surface area is 89.0 Å². The van der Waals surface area contributed by atoms with Crippen LogP contribution in [0.2, 0.25) is 0 Å². The molecule has 0 saturated heterocycles. The highest BCUT2D eigenvalue weighted by Gasteiger charge is 2.17. The van der Waals surface area contributed by atoms with Gasteiger partial charge in [-0.2, -0.15) is 0 Å². The minimum atomic E-state index is -0.360. The molecule has 1 aromatic carbocycles. The van der Waals surface area contributed by atoms with Crippen LogP contribution in [0.4, 0.5) is 5.69 Å². The van der Waals surface area contributed by atoms with E-state index in [2.05, 4.69) is 0 Å². The van der Waals surface area contributed by atoms with Gasteiger partial charge in [-0.1, -0.05) is 13.8 Å². The molecule has 0 atom stereocenters. The van der Waals surface area contributed by atoms with Crippen LogP contribution >= 0.6 is 0 Å². The van der Waals surface area contributed by atoms with Crippen molar-refractivity contribution < 1.29 is 9.66 Å². The van der Waals surface area contributed by atoms with Crippen LogP contribution in [0.1, 0.15) is 30.9 Å². The molecule has 0 spiro atoms. The molecule has 0 aliphatic rings. The first-order valence-corrected chi connectivity index (χ1v) is 4.80. The highest BCUT2D eigenvalue weighted by molar-refractivity contribution is 5.50. The Morgan fingerprint density at radius 2 is 2.00 bits per heavy atom. The maximum absolute atomic E-state index is 10.8. The summed E-state index contributed by atoms with van der Waals surface area (Å²) in [5.74, 6) is 0.923. The van der Waals surface area contributed by atoms with Crippen LogP contribution in [0.5, 0.6) is 5.75 Å². The second-order valence-corrected chi connectivity index (χ2v) is 3.79. The van der Waals surface area contributed by atoms with E-state index in [-0.39, 0.29) is 16.5 Å². The maximum atomic E-state index is 10.8. The molecule has 0 N–H and O–H groups in total. The molecule has 0 radical (unpaired) electrons. The van der Waals surface area contributed by atoms with Crippen molar-refractivity contribution in [2.75, 3.05) is 7.11 Å². The predicted molar refractivity (Wildman–Crippen MR) is 58.5 cm³/mol. The van der Waals surface area contributed by atoms with E-state index in [1.807, 2.05) is 13.8 Å². The first kappa shape index (κ1) is 11.5. The monoisotopic (exact) mass is 209 g/mol. The molecule has 4 nitrogen and oxygen atoms in total. The van der Waals surface area contributed by atoms with Gasteiger partial charge in [0.25, 0.3) is 5.69 Å². The summed E-state index contributed by atoms with van der Waals surface area (Å²) < 4.78 is 5.20. The molecule has 0 fully saturated rings. The zero-order valence-electron chi connectivity index (χ0n) is 9.40. The number of hydrogen-bond acceptors (Lipinski definition) is 3. The van der Waals surface area contributed by atoms with Crippen molar-refractivity contribution in [2.24, 2.45) is 0 Å². The van der Waals surface area contributed by atoms with Crippen LogP contribution in [0.25, 0.3) is 0 Å². The smallest absolute Gasteiger partial charge is 0.272 e. The van der Waals surface area contributed by atoms with Gasteiger partial charge in [-0.05, 0) is 18.9 Å². The van der Waals surface area contributed by atoms with Gasteiger partial charge >= 0.3 is 0 Å². The Kier molecular flexibility index (Phi) is 3.29. The molecule has 0 saturated carbocycles. The fourth-order valence-electron chi connectivity index (χ4n) is 1.51. The Balaban J connectivity index is 3.37. The average molecular weight is 209 g/mol. The molecule has 0 heterocycles. The van der Waals surface area contributed by atoms with Gasteiger partial charge in [0.15, 0.2) is 0 Å². The summed E-state index contributed by atoms with van der Waals surface area (Å²) in [5, 5.41) is 10.8. The van der Waals surface area contributed by atoms with Crippen molar-refractivity contribution in [1.82, 2.24) is 0 Å². The third kappa shape index (κ3) is 2.26. The second kappa shape index (κ2) is 4.29. The zero-order valence-corrected chi connectivity index (χ0v) is 9.40. The third-order valence-corrected chi connectivity index (χ3v) is 2.37. The van der Waals surface area contributed by atoms with E-state index in [1.165, 1.54) is 0 Å². The molecular weight excluding hydrogens is 194 g/mol. The molecule has 82 valence electrons. The Hall–Kier alpha value is -1.58. The fraction of sp³-hybridized carbons (Fsp3) is 0.455. The molecule has 1 rings (SSSR count). The third-order valence-electron chi connectivity index (χ3n) is 2.37. The number of nitro benzene ring substituents is 1. The quantitative estimate of drug-likeness (QED) is 0.568. The van der Waals surface area contributed by atoms with Crippen molar-refractivity contribution in [2.45, 2.75) is 26.7 Å². The highest BCUT2D eigenvalue weighted by atomic mass is 16.6. The molecule has 0 aliphatic carbocycles. The summed E-state index contributed by atoms with van der Waals surface area (Å²) in [5.41, 5.74) is 1.65. The number of nitrogens with zero attached hydrogens (tertiary/aromatic N) is 1. The predicted octanol–water partition coefficient (Wildman–Crippen LogP) is 3.04. The molecule has 0 bridgehead atoms. The van der Waals surface area contributed by atoms with Crippen molar-refractivity contribution >= 4 is 5.69 Å². The van der Waals surface area contributed by atoms with E-state index in [0.717, 1.165) is 5.56 Å². The number of methoxy groups -OCH3 is 1. The number of rotatable bonds is 3. The lowest BCUT2D eigenvalue weighted by atomic mass is 9.99. The summed E-state index contributed by atoms with van der Waals surface area (Å²) in [6.45, 7) is 5.68. The molecule has 15 heavy (non-hydrogen) atoms. The SMILES string of the molecule is COc1cc(C)c([N+](=O)[O-])cc1C(C)C. The molecule has 0 unspecified atom stereocenters. The van der Waals surface area contributed by atoms with E-state index in [1.54, 1.807) is 26.2 Å². The highest BCUT2D eigenvalue weighted by Crippen LogP contribution is 2.32. The van der Waals surface area contributed by atoms with Gasteiger partial charge in [0, 0.05) is 17.2 Å². The first-order valence-electron chi connectivity index (χ1n) is 4.80. The Morgan fingerprint density at radius 3 is 2.40 bits per heavy atom. The molecular formula is C11H15NO3. The molecule has 0 amide bonds. The van der Waals surface area contributed by atoms with Crippen molar-refractivity contribution in [3.63, 3.8) is 0 Å². The molecule has 1 aromatic rings. The number of benzene rings is 1. The molecule has 0 aromatic heterocycles. The van der Waals surface area contributed by atoms with E-state index in [9.17, 15) is 10.1 Å². The minimum absolute atomic E-state index is 0.152. The lowest BCUT2D eigenvalue weighted by molar-refractivity contribution is -0.385. The van der Waals surface area contributed by atoms with Crippen LogP contribution in [-0.4, -0.2) is 12.0 Å². The van der Waals surface area contributed by atoms with Gasteiger partial charge in [-0.3, -0.25) is 10.1 Å². The van der Waals surface area contributed by atoms with Gasteiger partial charge in [0.1, 0.15) is 5.75 Å². The van der Waals surface area contributed by atoms with Gasteiger partial charge in [-0.15, -0.1) is 0 Å². The van der Waals surface area contributed by atoms with Crippen LogP contribution in [0.15, 0.2) is 12.1 Å². The van der Waals surface area contributed by atoms with Crippen molar-refractivity contribution in [1.29, 1.82) is 0 Å². The standard InChI is InChI=1S/C11H15NO3/c1-7(2)9-6-10(12(13)14)8(3)5-11(9)15-4/h5-7H,1-4H3. The summed E-state index contributed by atoms with van der Waals surface area (Å²) in [4.78, 5) is 10.4. The van der Waals surface area contributed by atoms with Crippen molar-refractivity contribution in [3.05, 3.63) is 33.4 Å². The van der Waals surface area contributed by atoms with Gasteiger partial charge in [-0.25, -0.2) is 0 Å². The number of ether oxygens (including phenoxy) is 1. The normalized spacial score (nSPS) is 10.5. The topological polar surface area (TPSA) is 52.4 Å². The lowest BCUT2D eigenvalue weighted by Gasteiger charge is -2.12. The van der Waals surface area contributed by atoms with Gasteiger partial charge < -0.3 is 4.74 Å². The number of nitro groups is 1. The second-order valence-electron chi connectivity index (χ2n) is 3.79. The van der Waals surface area contributed by atoms with E-state index >= 15 is 0 Å². The van der Waals surface area contributed by atoms with Crippen LogP contribution in [-0.2, 0) is 0 Å². The number of hydrogen-bond donors (Lipinski definition) is 0. The number of aryl methyl sites for hydroxylation is 1. The fourth-order valence-corrected chi connectivity index (χ4v) is 1.51. The van der Waals surface area contributed by atoms with Crippen LogP contribution in [0, 0.1) is 17.0 Å². The maximum Gasteiger partial charge on any atom is 0.272 e. The van der Waals surface area contributed by atoms with E-state index in [4.69, 9.17) is 4.74 Å². The molecule has 4 heteroatoms. The summed E-state index contributed by atoms with van der Waals surface area (Å²) in [7, 11) is 1.58. The average Bonchev–Trinajstić information content (AvgIpc) is 2.16. The Bertz CT molecular complexity index is 386. The van der Waals surface area contributed by atoms with Crippen LogP contribution < -0.4 is 4.74 Å². The Morgan fingerprint density at radius 1 is 1.40 bits per heavy atom. The largest absolute Gasteiger partial charge is 0.496 e. The minimum Gasteiger partial charge on any atom is -0.496 e. The first-order chi connectivity index (χ1) is 6.97. The zero-order chi connectivity index (χ0) is 11.6. The van der Waals surface area contributed by atoms with E-state index in [0.29, 0.717) is 11.3 Å². The summed E-state index contributed by atoms with van der Waals surface area (Å²) >= 11 is 0. The van der Waals surface area contributed by atoms with Crippen molar-refractivity contribution in [3.8, 4) is 5.75 Å². The summed E-state index contributed by atoms with van der Waals surface area (Å²) in [6, 6.07) is 3.31. The van der Waals surface area contributed by atoms with Crippen LogP contribution in [0.3, 0.4) is 0 Å². The summed E-state index contributed by atoms with van der Waals surface area (Å²) in [6.07, 6.45) is 0. The van der Waals surface area contributed by atoms with E-state index < -0.39 is 0 Å². The van der Waals surface area contributed by atoms with Gasteiger partial charge in [0.05, 0.1) is 12.0 Å². The lowest BCUT2D eigenvalue weighted by Crippen LogP contribution is -1.99.